The van der Waals surface area contributed by atoms with Crippen molar-refractivity contribution < 1.29 is 4.42 Å². The maximum atomic E-state index is 6.01. The molecular weight excluding hydrogens is 260 g/mol. The molecule has 3 nitrogen and oxygen atoms in total. The Morgan fingerprint density at radius 3 is 2.86 bits per heavy atom. The van der Waals surface area contributed by atoms with Gasteiger partial charge >= 0.3 is 0 Å². The summed E-state index contributed by atoms with van der Waals surface area (Å²) in [7, 11) is 2.23. The molecule has 0 spiro atoms. The highest BCUT2D eigenvalue weighted by atomic mass is 16.3. The van der Waals surface area contributed by atoms with Crippen LogP contribution >= 0.6 is 0 Å². The highest BCUT2D eigenvalue weighted by Crippen LogP contribution is 2.30. The van der Waals surface area contributed by atoms with Crippen LogP contribution in [-0.2, 0) is 13.0 Å². The van der Waals surface area contributed by atoms with Crippen LogP contribution in [0.25, 0.3) is 11.0 Å². The predicted octanol–water partition coefficient (Wildman–Crippen LogP) is 3.43. The van der Waals surface area contributed by atoms with Crippen molar-refractivity contribution in [2.24, 2.45) is 5.41 Å². The average Bonchev–Trinajstić information content (AvgIpc) is 3.03. The fraction of sp³-hybridized carbons (Fsp3) is 0.556. The van der Waals surface area contributed by atoms with Crippen molar-refractivity contribution in [1.29, 1.82) is 0 Å². The molecule has 1 unspecified atom stereocenters. The molecule has 1 aromatic heterocycles. The van der Waals surface area contributed by atoms with E-state index in [-0.39, 0.29) is 0 Å². The highest BCUT2D eigenvalue weighted by Gasteiger charge is 2.30. The number of para-hydroxylation sites is 1. The zero-order valence-electron chi connectivity index (χ0n) is 13.4. The van der Waals surface area contributed by atoms with E-state index in [4.69, 9.17) is 4.42 Å². The molecule has 3 rings (SSSR count). The summed E-state index contributed by atoms with van der Waals surface area (Å²) in [6.07, 6.45) is 2.22. The molecule has 3 heteroatoms. The Morgan fingerprint density at radius 2 is 2.14 bits per heavy atom. The first-order chi connectivity index (χ1) is 10.1. The monoisotopic (exact) mass is 286 g/mol. The molecular formula is C18H26N2O. The van der Waals surface area contributed by atoms with Crippen molar-refractivity contribution >= 4 is 11.0 Å². The van der Waals surface area contributed by atoms with Gasteiger partial charge in [0.15, 0.2) is 0 Å². The Kier molecular flexibility index (Phi) is 4.05. The van der Waals surface area contributed by atoms with Crippen LogP contribution in [0.2, 0.25) is 0 Å². The minimum atomic E-state index is 0.403. The largest absolute Gasteiger partial charge is 0.461 e. The highest BCUT2D eigenvalue weighted by molar-refractivity contribution is 5.82. The van der Waals surface area contributed by atoms with Gasteiger partial charge < -0.3 is 14.6 Å². The van der Waals surface area contributed by atoms with Gasteiger partial charge in [0.05, 0.1) is 0 Å². The molecule has 2 aromatic rings. The zero-order chi connectivity index (χ0) is 14.9. The molecule has 21 heavy (non-hydrogen) atoms. The van der Waals surface area contributed by atoms with Crippen molar-refractivity contribution in [2.75, 3.05) is 26.7 Å². The molecule has 1 fully saturated rings. The van der Waals surface area contributed by atoms with E-state index in [1.165, 1.54) is 17.4 Å². The minimum Gasteiger partial charge on any atom is -0.461 e. The lowest BCUT2D eigenvalue weighted by molar-refractivity contribution is 0.203. The number of furan rings is 1. The summed E-state index contributed by atoms with van der Waals surface area (Å²) in [5, 5.41) is 4.76. The summed E-state index contributed by atoms with van der Waals surface area (Å²) in [6, 6.07) is 8.40. The van der Waals surface area contributed by atoms with Gasteiger partial charge in [-0.3, -0.25) is 0 Å². The van der Waals surface area contributed by atoms with Crippen LogP contribution in [0.15, 0.2) is 28.7 Å². The van der Waals surface area contributed by atoms with Gasteiger partial charge in [-0.25, -0.2) is 0 Å². The number of benzene rings is 1. The molecule has 0 radical (unpaired) electrons. The maximum Gasteiger partial charge on any atom is 0.134 e. The summed E-state index contributed by atoms with van der Waals surface area (Å²) in [5.41, 5.74) is 2.79. The topological polar surface area (TPSA) is 28.4 Å². The van der Waals surface area contributed by atoms with E-state index in [1.807, 2.05) is 6.07 Å². The predicted molar refractivity (Wildman–Crippen MR) is 87.5 cm³/mol. The third-order valence-electron chi connectivity index (χ3n) is 4.64. The molecule has 0 amide bonds. The van der Waals surface area contributed by atoms with Crippen LogP contribution in [0, 0.1) is 5.41 Å². The normalized spacial score (nSPS) is 22.5. The van der Waals surface area contributed by atoms with Crippen LogP contribution in [0.5, 0.6) is 0 Å². The van der Waals surface area contributed by atoms with Crippen LogP contribution in [-0.4, -0.2) is 31.6 Å². The number of rotatable bonds is 5. The molecule has 1 aliphatic heterocycles. The minimum absolute atomic E-state index is 0.403. The Morgan fingerprint density at radius 1 is 1.33 bits per heavy atom. The van der Waals surface area contributed by atoms with E-state index in [1.54, 1.807) is 0 Å². The Hall–Kier alpha value is -1.32. The quantitative estimate of drug-likeness (QED) is 0.913. The van der Waals surface area contributed by atoms with Crippen molar-refractivity contribution in [3.05, 3.63) is 35.6 Å². The van der Waals surface area contributed by atoms with Crippen LogP contribution in [0.4, 0.5) is 0 Å². The van der Waals surface area contributed by atoms with E-state index in [9.17, 15) is 0 Å². The van der Waals surface area contributed by atoms with Crippen molar-refractivity contribution in [2.45, 2.75) is 33.2 Å². The fourth-order valence-electron chi connectivity index (χ4n) is 3.59. The SMILES string of the molecule is CCc1oc2ccccc2c1CN(C)CC1(C)CCNC1. The number of nitrogens with one attached hydrogen (secondary N) is 1. The summed E-state index contributed by atoms with van der Waals surface area (Å²) in [5.74, 6) is 1.14. The molecule has 1 aliphatic rings. The van der Waals surface area contributed by atoms with Crippen molar-refractivity contribution in [3.8, 4) is 0 Å². The number of hydrogen-bond donors (Lipinski definition) is 1. The van der Waals surface area contributed by atoms with Gasteiger partial charge in [0.1, 0.15) is 11.3 Å². The number of hydrogen-bond acceptors (Lipinski definition) is 3. The molecule has 2 heterocycles. The molecule has 1 aromatic carbocycles. The van der Waals surface area contributed by atoms with Crippen LogP contribution in [0.1, 0.15) is 31.6 Å². The second-order valence-corrected chi connectivity index (χ2v) is 6.76. The number of fused-ring (bicyclic) bond motifs is 1. The van der Waals surface area contributed by atoms with Gasteiger partial charge in [-0.2, -0.15) is 0 Å². The van der Waals surface area contributed by atoms with E-state index in [0.29, 0.717) is 5.41 Å². The van der Waals surface area contributed by atoms with E-state index >= 15 is 0 Å². The summed E-state index contributed by atoms with van der Waals surface area (Å²) in [6.45, 7) is 8.93. The van der Waals surface area contributed by atoms with Gasteiger partial charge in [-0.15, -0.1) is 0 Å². The fourth-order valence-corrected chi connectivity index (χ4v) is 3.59. The second kappa shape index (κ2) is 5.82. The smallest absolute Gasteiger partial charge is 0.134 e. The van der Waals surface area contributed by atoms with Gasteiger partial charge in [0, 0.05) is 37.0 Å². The molecule has 0 aliphatic carbocycles. The van der Waals surface area contributed by atoms with Gasteiger partial charge in [-0.1, -0.05) is 32.0 Å². The first kappa shape index (κ1) is 14.6. The van der Waals surface area contributed by atoms with Gasteiger partial charge in [0.2, 0.25) is 0 Å². The summed E-state index contributed by atoms with van der Waals surface area (Å²) < 4.78 is 6.01. The van der Waals surface area contributed by atoms with Crippen molar-refractivity contribution in [3.63, 3.8) is 0 Å². The van der Waals surface area contributed by atoms with Crippen LogP contribution in [0.3, 0.4) is 0 Å². The third-order valence-corrected chi connectivity index (χ3v) is 4.64. The first-order valence-corrected chi connectivity index (χ1v) is 8.00. The summed E-state index contributed by atoms with van der Waals surface area (Å²) >= 11 is 0. The summed E-state index contributed by atoms with van der Waals surface area (Å²) in [4.78, 5) is 2.45. The maximum absolute atomic E-state index is 6.01. The lowest BCUT2D eigenvalue weighted by atomic mass is 9.89. The number of aryl methyl sites for hydroxylation is 1. The Balaban J connectivity index is 1.80. The molecule has 1 atom stereocenters. The first-order valence-electron chi connectivity index (χ1n) is 8.00. The second-order valence-electron chi connectivity index (χ2n) is 6.76. The van der Waals surface area contributed by atoms with Gasteiger partial charge in [0.25, 0.3) is 0 Å². The van der Waals surface area contributed by atoms with E-state index in [0.717, 1.165) is 43.9 Å². The average molecular weight is 286 g/mol. The Bertz CT molecular complexity index is 611. The molecule has 0 saturated carbocycles. The van der Waals surface area contributed by atoms with Crippen LogP contribution < -0.4 is 5.32 Å². The molecule has 1 saturated heterocycles. The zero-order valence-corrected chi connectivity index (χ0v) is 13.4. The lowest BCUT2D eigenvalue weighted by Gasteiger charge is -2.29. The van der Waals surface area contributed by atoms with Crippen molar-refractivity contribution in [1.82, 2.24) is 10.2 Å². The third kappa shape index (κ3) is 2.99. The molecule has 0 bridgehead atoms. The standard InChI is InChI=1S/C18H26N2O/c1-4-16-15(14-7-5-6-8-17(14)21-16)11-20(3)13-18(2)9-10-19-12-18/h5-8,19H,4,9-13H2,1-3H3. The Labute approximate surface area is 127 Å². The number of nitrogens with zero attached hydrogens (tertiary/aromatic N) is 1. The molecule has 1 N–H and O–H groups in total. The molecule has 114 valence electrons. The van der Waals surface area contributed by atoms with E-state index < -0.39 is 0 Å². The lowest BCUT2D eigenvalue weighted by Crippen LogP contribution is -2.34. The van der Waals surface area contributed by atoms with Gasteiger partial charge in [-0.05, 0) is 31.5 Å². The van der Waals surface area contributed by atoms with E-state index in [2.05, 4.69) is 49.3 Å².